The van der Waals surface area contributed by atoms with Crippen LogP contribution in [0.15, 0.2) is 18.2 Å². The van der Waals surface area contributed by atoms with Gasteiger partial charge in [-0.05, 0) is 53.6 Å². The molecule has 1 aromatic carbocycles. The predicted octanol–water partition coefficient (Wildman–Crippen LogP) is 2.70. The molecule has 0 atom stereocenters. The molecule has 0 saturated heterocycles. The molecule has 0 aliphatic heterocycles. The molecule has 0 aromatic heterocycles. The Bertz CT molecular complexity index is 366. The van der Waals surface area contributed by atoms with Crippen LogP contribution in [0.2, 0.25) is 0 Å². The Hall–Kier alpha value is -0.760. The van der Waals surface area contributed by atoms with Crippen LogP contribution < -0.4 is 4.74 Å². The number of nitrogens with zero attached hydrogens (tertiary/aromatic N) is 1. The molecule has 2 nitrogen and oxygen atoms in total. The number of benzene rings is 1. The van der Waals surface area contributed by atoms with Crippen molar-refractivity contribution in [2.24, 2.45) is 0 Å². The lowest BCUT2D eigenvalue weighted by molar-refractivity contribution is 0.301. The molecule has 0 bridgehead atoms. The standard InChI is InChI=1S/C10H8INO/c11-9-4-1-7(6-12)5-10(9)13-8-2-3-8/h1,4-5,8H,2-3H2. The van der Waals surface area contributed by atoms with E-state index in [0.29, 0.717) is 11.7 Å². The smallest absolute Gasteiger partial charge is 0.134 e. The molecule has 0 heterocycles. The number of hydrogen-bond acceptors (Lipinski definition) is 2. The maximum atomic E-state index is 8.69. The highest BCUT2D eigenvalue weighted by molar-refractivity contribution is 14.1. The summed E-state index contributed by atoms with van der Waals surface area (Å²) >= 11 is 2.22. The monoisotopic (exact) mass is 285 g/mol. The van der Waals surface area contributed by atoms with Crippen molar-refractivity contribution in [1.29, 1.82) is 5.26 Å². The van der Waals surface area contributed by atoms with Crippen LogP contribution in [0.4, 0.5) is 0 Å². The highest BCUT2D eigenvalue weighted by Gasteiger charge is 2.24. The first-order valence-electron chi connectivity index (χ1n) is 4.16. The lowest BCUT2D eigenvalue weighted by Crippen LogP contribution is -1.97. The Balaban J connectivity index is 2.25. The van der Waals surface area contributed by atoms with Gasteiger partial charge in [-0.3, -0.25) is 0 Å². The minimum absolute atomic E-state index is 0.391. The van der Waals surface area contributed by atoms with E-state index >= 15 is 0 Å². The molecule has 0 N–H and O–H groups in total. The Morgan fingerprint density at radius 3 is 2.85 bits per heavy atom. The van der Waals surface area contributed by atoms with E-state index < -0.39 is 0 Å². The van der Waals surface area contributed by atoms with E-state index in [1.54, 1.807) is 6.07 Å². The van der Waals surface area contributed by atoms with Gasteiger partial charge in [-0.2, -0.15) is 5.26 Å². The van der Waals surface area contributed by atoms with Gasteiger partial charge in [0.05, 0.1) is 21.3 Å². The zero-order valence-electron chi connectivity index (χ0n) is 6.96. The summed E-state index contributed by atoms with van der Waals surface area (Å²) in [6, 6.07) is 7.63. The van der Waals surface area contributed by atoms with Gasteiger partial charge in [-0.15, -0.1) is 0 Å². The van der Waals surface area contributed by atoms with Gasteiger partial charge in [0, 0.05) is 0 Å². The molecule has 0 spiro atoms. The summed E-state index contributed by atoms with van der Waals surface area (Å²) in [4.78, 5) is 0. The Kier molecular flexibility index (Phi) is 2.40. The van der Waals surface area contributed by atoms with Crippen molar-refractivity contribution < 1.29 is 4.74 Å². The van der Waals surface area contributed by atoms with Crippen LogP contribution >= 0.6 is 22.6 Å². The van der Waals surface area contributed by atoms with Crippen molar-refractivity contribution in [1.82, 2.24) is 0 Å². The first-order valence-corrected chi connectivity index (χ1v) is 5.24. The van der Waals surface area contributed by atoms with Gasteiger partial charge in [0.15, 0.2) is 0 Å². The van der Waals surface area contributed by atoms with Crippen LogP contribution in [0.1, 0.15) is 18.4 Å². The fraction of sp³-hybridized carbons (Fsp3) is 0.300. The van der Waals surface area contributed by atoms with Gasteiger partial charge in [0.25, 0.3) is 0 Å². The summed E-state index contributed by atoms with van der Waals surface area (Å²) in [6.07, 6.45) is 2.68. The molecule has 3 heteroatoms. The van der Waals surface area contributed by atoms with Gasteiger partial charge in [0.2, 0.25) is 0 Å². The first-order chi connectivity index (χ1) is 6.29. The summed E-state index contributed by atoms with van der Waals surface area (Å²) in [5.74, 6) is 0.849. The van der Waals surface area contributed by atoms with Gasteiger partial charge < -0.3 is 4.74 Å². The van der Waals surface area contributed by atoms with Crippen LogP contribution in [-0.2, 0) is 0 Å². The average molecular weight is 285 g/mol. The molecule has 0 unspecified atom stereocenters. The molecule has 66 valence electrons. The maximum Gasteiger partial charge on any atom is 0.134 e. The third-order valence-electron chi connectivity index (χ3n) is 1.88. The molecule has 1 saturated carbocycles. The fourth-order valence-electron chi connectivity index (χ4n) is 1.03. The van der Waals surface area contributed by atoms with E-state index in [-0.39, 0.29) is 0 Å². The summed E-state index contributed by atoms with van der Waals surface area (Å²) < 4.78 is 6.71. The third-order valence-corrected chi connectivity index (χ3v) is 2.77. The number of nitriles is 1. The molecule has 1 fully saturated rings. The molecular weight excluding hydrogens is 277 g/mol. The second-order valence-corrected chi connectivity index (χ2v) is 4.24. The Morgan fingerprint density at radius 2 is 2.23 bits per heavy atom. The van der Waals surface area contributed by atoms with Gasteiger partial charge in [0.1, 0.15) is 5.75 Å². The van der Waals surface area contributed by atoms with Crippen molar-refractivity contribution in [2.45, 2.75) is 18.9 Å². The fourth-order valence-corrected chi connectivity index (χ4v) is 1.49. The molecule has 0 radical (unpaired) electrons. The van der Waals surface area contributed by atoms with E-state index in [1.165, 1.54) is 0 Å². The van der Waals surface area contributed by atoms with Gasteiger partial charge >= 0.3 is 0 Å². The predicted molar refractivity (Wildman–Crippen MR) is 57.5 cm³/mol. The van der Waals surface area contributed by atoms with Crippen LogP contribution in [0.25, 0.3) is 0 Å². The summed E-state index contributed by atoms with van der Waals surface area (Å²) in [6.45, 7) is 0. The zero-order chi connectivity index (χ0) is 9.26. The zero-order valence-corrected chi connectivity index (χ0v) is 9.11. The van der Waals surface area contributed by atoms with Crippen molar-refractivity contribution in [3.8, 4) is 11.8 Å². The van der Waals surface area contributed by atoms with Crippen molar-refractivity contribution in [3.63, 3.8) is 0 Å². The second kappa shape index (κ2) is 3.54. The number of halogens is 1. The highest BCUT2D eigenvalue weighted by atomic mass is 127. The highest BCUT2D eigenvalue weighted by Crippen LogP contribution is 2.30. The Morgan fingerprint density at radius 1 is 1.46 bits per heavy atom. The van der Waals surface area contributed by atoms with Crippen LogP contribution in [-0.4, -0.2) is 6.10 Å². The first kappa shape index (κ1) is 8.82. The quantitative estimate of drug-likeness (QED) is 0.783. The number of ether oxygens (including phenoxy) is 1. The van der Waals surface area contributed by atoms with E-state index in [0.717, 1.165) is 22.2 Å². The maximum absolute atomic E-state index is 8.69. The SMILES string of the molecule is N#Cc1ccc(I)c(OC2CC2)c1. The van der Waals surface area contributed by atoms with Crippen LogP contribution in [0, 0.1) is 14.9 Å². The summed E-state index contributed by atoms with van der Waals surface area (Å²) in [5, 5.41) is 8.69. The topological polar surface area (TPSA) is 33.0 Å². The lowest BCUT2D eigenvalue weighted by atomic mass is 10.2. The summed E-state index contributed by atoms with van der Waals surface area (Å²) in [5.41, 5.74) is 0.663. The van der Waals surface area contributed by atoms with Gasteiger partial charge in [-0.1, -0.05) is 0 Å². The van der Waals surface area contributed by atoms with E-state index in [9.17, 15) is 0 Å². The molecule has 13 heavy (non-hydrogen) atoms. The molecule has 1 aliphatic rings. The molecule has 0 amide bonds. The average Bonchev–Trinajstić information content (AvgIpc) is 2.93. The van der Waals surface area contributed by atoms with E-state index in [1.807, 2.05) is 12.1 Å². The minimum Gasteiger partial charge on any atom is -0.489 e. The van der Waals surface area contributed by atoms with Crippen molar-refractivity contribution in [2.75, 3.05) is 0 Å². The number of hydrogen-bond donors (Lipinski definition) is 0. The van der Waals surface area contributed by atoms with Crippen LogP contribution in [0.3, 0.4) is 0 Å². The van der Waals surface area contributed by atoms with E-state index in [4.69, 9.17) is 10.00 Å². The third kappa shape index (κ3) is 2.13. The molecule has 2 rings (SSSR count). The lowest BCUT2D eigenvalue weighted by Gasteiger charge is -2.06. The van der Waals surface area contributed by atoms with Crippen molar-refractivity contribution >= 4 is 22.6 Å². The molecule has 1 aromatic rings. The van der Waals surface area contributed by atoms with Crippen molar-refractivity contribution in [3.05, 3.63) is 27.3 Å². The minimum atomic E-state index is 0.391. The van der Waals surface area contributed by atoms with E-state index in [2.05, 4.69) is 28.7 Å². The Labute approximate surface area is 90.7 Å². The second-order valence-electron chi connectivity index (χ2n) is 3.07. The summed E-state index contributed by atoms with van der Waals surface area (Å²) in [7, 11) is 0. The normalized spacial score (nSPS) is 15.1. The molecular formula is C10H8INO. The van der Waals surface area contributed by atoms with Gasteiger partial charge in [-0.25, -0.2) is 0 Å². The molecule has 1 aliphatic carbocycles. The largest absolute Gasteiger partial charge is 0.489 e. The number of rotatable bonds is 2. The van der Waals surface area contributed by atoms with Crippen LogP contribution in [0.5, 0.6) is 5.75 Å².